The van der Waals surface area contributed by atoms with E-state index in [1.807, 2.05) is 73.1 Å². The fourth-order valence-corrected chi connectivity index (χ4v) is 2.91. The average Bonchev–Trinajstić information content (AvgIpc) is 2.74. The lowest BCUT2D eigenvalue weighted by atomic mass is 10.1. The van der Waals surface area contributed by atoms with Crippen molar-refractivity contribution in [3.8, 4) is 5.75 Å². The molecule has 2 aromatic carbocycles. The number of hydrogen-bond acceptors (Lipinski definition) is 4. The van der Waals surface area contributed by atoms with Crippen LogP contribution in [0.4, 0.5) is 11.4 Å². The van der Waals surface area contributed by atoms with E-state index in [-0.39, 0.29) is 5.91 Å². The van der Waals surface area contributed by atoms with E-state index < -0.39 is 0 Å². The first-order valence-corrected chi connectivity index (χ1v) is 9.27. The van der Waals surface area contributed by atoms with Gasteiger partial charge in [-0.15, -0.1) is 0 Å². The number of methoxy groups -OCH3 is 1. The molecular formula is C23H25N3O2. The van der Waals surface area contributed by atoms with Crippen LogP contribution in [0.1, 0.15) is 11.1 Å². The van der Waals surface area contributed by atoms with Gasteiger partial charge in [0.15, 0.2) is 0 Å². The Morgan fingerprint density at radius 1 is 0.964 bits per heavy atom. The van der Waals surface area contributed by atoms with Gasteiger partial charge in [0.1, 0.15) is 5.75 Å². The summed E-state index contributed by atoms with van der Waals surface area (Å²) in [6.07, 6.45) is 4.93. The fourth-order valence-electron chi connectivity index (χ4n) is 2.91. The number of carbonyl (C=O) groups is 1. The standard InChI is InChI=1S/C23H25N3O2/c1-26(16-13-18-11-14-24-15-12-18)21-7-5-20(6-8-21)25-23(27)17-19-3-9-22(28-2)10-4-19/h3-12,14-15H,13,16-17H2,1-2H3,(H,25,27). The Balaban J connectivity index is 1.50. The molecule has 3 rings (SSSR count). The van der Waals surface area contributed by atoms with Crippen molar-refractivity contribution in [3.05, 3.63) is 84.2 Å². The number of nitrogens with zero attached hydrogens (tertiary/aromatic N) is 2. The van der Waals surface area contributed by atoms with Crippen LogP contribution in [0.5, 0.6) is 5.75 Å². The largest absolute Gasteiger partial charge is 0.497 e. The SMILES string of the molecule is COc1ccc(CC(=O)Nc2ccc(N(C)CCc3ccncc3)cc2)cc1. The Hall–Kier alpha value is -3.34. The molecule has 0 aliphatic heterocycles. The van der Waals surface area contributed by atoms with Crippen LogP contribution < -0.4 is 15.0 Å². The van der Waals surface area contributed by atoms with Crippen LogP contribution in [0.25, 0.3) is 0 Å². The van der Waals surface area contributed by atoms with Crippen LogP contribution in [0, 0.1) is 0 Å². The molecule has 1 N–H and O–H groups in total. The van der Waals surface area contributed by atoms with Crippen molar-refractivity contribution >= 4 is 17.3 Å². The maximum atomic E-state index is 12.3. The van der Waals surface area contributed by atoms with Gasteiger partial charge in [-0.05, 0) is 66.1 Å². The zero-order valence-corrected chi connectivity index (χ0v) is 16.3. The highest BCUT2D eigenvalue weighted by molar-refractivity contribution is 5.92. The summed E-state index contributed by atoms with van der Waals surface area (Å²) >= 11 is 0. The molecule has 0 saturated carbocycles. The molecule has 0 unspecified atom stereocenters. The molecule has 0 bridgehead atoms. The number of likely N-dealkylation sites (N-methyl/N-ethyl adjacent to an activating group) is 1. The first-order chi connectivity index (χ1) is 13.6. The average molecular weight is 375 g/mol. The van der Waals surface area contributed by atoms with Crippen LogP contribution in [-0.2, 0) is 17.6 Å². The number of amides is 1. The Bertz CT molecular complexity index is 878. The van der Waals surface area contributed by atoms with Gasteiger partial charge in [0, 0.05) is 37.4 Å². The quantitative estimate of drug-likeness (QED) is 0.648. The van der Waals surface area contributed by atoms with E-state index in [0.717, 1.165) is 35.7 Å². The molecule has 28 heavy (non-hydrogen) atoms. The second-order valence-electron chi connectivity index (χ2n) is 6.65. The van der Waals surface area contributed by atoms with Crippen molar-refractivity contribution < 1.29 is 9.53 Å². The third kappa shape index (κ3) is 5.58. The first-order valence-electron chi connectivity index (χ1n) is 9.27. The summed E-state index contributed by atoms with van der Waals surface area (Å²) in [6.45, 7) is 0.910. The monoisotopic (exact) mass is 375 g/mol. The second kappa shape index (κ2) is 9.55. The van der Waals surface area contributed by atoms with Crippen molar-refractivity contribution in [2.45, 2.75) is 12.8 Å². The van der Waals surface area contributed by atoms with Gasteiger partial charge in [-0.1, -0.05) is 12.1 Å². The molecular weight excluding hydrogens is 350 g/mol. The molecule has 144 valence electrons. The maximum absolute atomic E-state index is 12.3. The molecule has 0 aliphatic carbocycles. The van der Waals surface area contributed by atoms with Gasteiger partial charge < -0.3 is 15.0 Å². The molecule has 1 aromatic heterocycles. The number of pyridine rings is 1. The highest BCUT2D eigenvalue weighted by Crippen LogP contribution is 2.18. The Morgan fingerprint density at radius 2 is 1.64 bits per heavy atom. The van der Waals surface area contributed by atoms with E-state index in [2.05, 4.69) is 22.2 Å². The van der Waals surface area contributed by atoms with Gasteiger partial charge in [-0.3, -0.25) is 9.78 Å². The van der Waals surface area contributed by atoms with Gasteiger partial charge in [0.25, 0.3) is 0 Å². The number of aromatic nitrogens is 1. The number of benzene rings is 2. The number of nitrogens with one attached hydrogen (secondary N) is 1. The summed E-state index contributed by atoms with van der Waals surface area (Å²) < 4.78 is 5.14. The minimum absolute atomic E-state index is 0.0380. The minimum atomic E-state index is -0.0380. The Kier molecular flexibility index (Phi) is 6.63. The van der Waals surface area contributed by atoms with Crippen LogP contribution >= 0.6 is 0 Å². The summed E-state index contributed by atoms with van der Waals surface area (Å²) in [5, 5.41) is 2.95. The zero-order valence-electron chi connectivity index (χ0n) is 16.3. The molecule has 1 heterocycles. The topological polar surface area (TPSA) is 54.5 Å². The molecule has 0 saturated heterocycles. The van der Waals surface area contributed by atoms with Gasteiger partial charge in [-0.2, -0.15) is 0 Å². The molecule has 5 heteroatoms. The molecule has 0 aliphatic rings. The normalized spacial score (nSPS) is 10.4. The van der Waals surface area contributed by atoms with E-state index in [4.69, 9.17) is 4.74 Å². The van der Waals surface area contributed by atoms with Crippen molar-refractivity contribution in [1.29, 1.82) is 0 Å². The van der Waals surface area contributed by atoms with E-state index in [0.29, 0.717) is 6.42 Å². The van der Waals surface area contributed by atoms with Crippen molar-refractivity contribution in [2.75, 3.05) is 30.9 Å². The van der Waals surface area contributed by atoms with E-state index in [9.17, 15) is 4.79 Å². The molecule has 0 atom stereocenters. The lowest BCUT2D eigenvalue weighted by molar-refractivity contribution is -0.115. The minimum Gasteiger partial charge on any atom is -0.497 e. The summed E-state index contributed by atoms with van der Waals surface area (Å²) in [6, 6.07) is 19.5. The summed E-state index contributed by atoms with van der Waals surface area (Å²) in [5.74, 6) is 0.747. The molecule has 5 nitrogen and oxygen atoms in total. The molecule has 1 amide bonds. The van der Waals surface area contributed by atoms with Crippen molar-refractivity contribution in [2.24, 2.45) is 0 Å². The van der Waals surface area contributed by atoms with Gasteiger partial charge >= 0.3 is 0 Å². The number of hydrogen-bond donors (Lipinski definition) is 1. The molecule has 0 spiro atoms. The first kappa shape index (κ1) is 19.4. The lowest BCUT2D eigenvalue weighted by Crippen LogP contribution is -2.20. The summed E-state index contributed by atoms with van der Waals surface area (Å²) in [4.78, 5) is 18.5. The number of rotatable bonds is 8. The van der Waals surface area contributed by atoms with Gasteiger partial charge in [0.2, 0.25) is 5.91 Å². The van der Waals surface area contributed by atoms with Crippen molar-refractivity contribution in [1.82, 2.24) is 4.98 Å². The smallest absolute Gasteiger partial charge is 0.228 e. The second-order valence-corrected chi connectivity index (χ2v) is 6.65. The number of anilines is 2. The highest BCUT2D eigenvalue weighted by atomic mass is 16.5. The highest BCUT2D eigenvalue weighted by Gasteiger charge is 2.06. The Morgan fingerprint density at radius 3 is 2.29 bits per heavy atom. The lowest BCUT2D eigenvalue weighted by Gasteiger charge is -2.19. The Labute approximate surface area is 166 Å². The number of carbonyl (C=O) groups excluding carboxylic acids is 1. The predicted molar refractivity (Wildman–Crippen MR) is 113 cm³/mol. The van der Waals surface area contributed by atoms with Gasteiger partial charge in [-0.25, -0.2) is 0 Å². The predicted octanol–water partition coefficient (Wildman–Crippen LogP) is 3.95. The van der Waals surface area contributed by atoms with Crippen LogP contribution in [0.2, 0.25) is 0 Å². The van der Waals surface area contributed by atoms with E-state index in [1.165, 1.54) is 5.56 Å². The van der Waals surface area contributed by atoms with Crippen LogP contribution in [0.15, 0.2) is 73.1 Å². The van der Waals surface area contributed by atoms with Gasteiger partial charge in [0.05, 0.1) is 13.5 Å². The van der Waals surface area contributed by atoms with Crippen LogP contribution in [-0.4, -0.2) is 31.6 Å². The number of ether oxygens (including phenoxy) is 1. The summed E-state index contributed by atoms with van der Waals surface area (Å²) in [5.41, 5.74) is 4.13. The maximum Gasteiger partial charge on any atom is 0.228 e. The van der Waals surface area contributed by atoms with E-state index >= 15 is 0 Å². The van der Waals surface area contributed by atoms with Crippen molar-refractivity contribution in [3.63, 3.8) is 0 Å². The molecule has 0 radical (unpaired) electrons. The zero-order chi connectivity index (χ0) is 19.8. The third-order valence-electron chi connectivity index (χ3n) is 4.60. The summed E-state index contributed by atoms with van der Waals surface area (Å²) in [7, 11) is 3.69. The van der Waals surface area contributed by atoms with Crippen LogP contribution in [0.3, 0.4) is 0 Å². The molecule has 0 fully saturated rings. The third-order valence-corrected chi connectivity index (χ3v) is 4.60. The fraction of sp³-hybridized carbons (Fsp3) is 0.217. The molecule has 3 aromatic rings. The van der Waals surface area contributed by atoms with E-state index in [1.54, 1.807) is 7.11 Å².